The molecule has 1 aromatic carbocycles. The van der Waals surface area contributed by atoms with E-state index in [0.29, 0.717) is 40.3 Å². The lowest BCUT2D eigenvalue weighted by atomic mass is 9.94. The minimum Gasteiger partial charge on any atom is -0.493 e. The molecule has 1 unspecified atom stereocenters. The highest BCUT2D eigenvalue weighted by molar-refractivity contribution is 6.33. The molecule has 8 heteroatoms. The van der Waals surface area contributed by atoms with Gasteiger partial charge in [-0.25, -0.2) is 9.97 Å². The largest absolute Gasteiger partial charge is 0.493 e. The lowest BCUT2D eigenvalue weighted by Crippen LogP contribution is -2.09. The summed E-state index contributed by atoms with van der Waals surface area (Å²) in [5, 5.41) is 5.38. The van der Waals surface area contributed by atoms with Gasteiger partial charge in [0.15, 0.2) is 23.0 Å². The molecule has 0 aliphatic carbocycles. The van der Waals surface area contributed by atoms with Crippen LogP contribution >= 0.6 is 11.6 Å². The summed E-state index contributed by atoms with van der Waals surface area (Å²) in [7, 11) is 4.91. The Morgan fingerprint density at radius 1 is 1.07 bits per heavy atom. The highest BCUT2D eigenvalue weighted by Gasteiger charge is 2.25. The standard InChI is InChI=1S/C22H29ClN4O3/c1-7-9-14(12-28-4)20-17(8-2)26-27-21(24-13(3)25-22(20)27)15-10-18(29-5)19(30-6)11-16(15)23/h10-11,14H,7-9,12H2,1-6H3. The van der Waals surface area contributed by atoms with Crippen molar-refractivity contribution in [1.29, 1.82) is 0 Å². The van der Waals surface area contributed by atoms with E-state index in [2.05, 4.69) is 18.8 Å². The smallest absolute Gasteiger partial charge is 0.166 e. The van der Waals surface area contributed by atoms with Gasteiger partial charge in [0.2, 0.25) is 0 Å². The van der Waals surface area contributed by atoms with Gasteiger partial charge in [-0.2, -0.15) is 9.61 Å². The number of nitrogens with zero attached hydrogens (tertiary/aromatic N) is 4. The number of aromatic nitrogens is 4. The highest BCUT2D eigenvalue weighted by atomic mass is 35.5. The molecule has 162 valence electrons. The van der Waals surface area contributed by atoms with E-state index >= 15 is 0 Å². The summed E-state index contributed by atoms with van der Waals surface area (Å²) in [6, 6.07) is 3.56. The van der Waals surface area contributed by atoms with E-state index in [1.165, 1.54) is 0 Å². The SMILES string of the molecule is CCCC(COC)c1c(CC)nn2c(-c3cc(OC)c(OC)cc3Cl)nc(C)nc12. The first-order valence-corrected chi connectivity index (χ1v) is 10.5. The summed E-state index contributed by atoms with van der Waals surface area (Å²) >= 11 is 6.61. The third kappa shape index (κ3) is 4.09. The van der Waals surface area contributed by atoms with Crippen molar-refractivity contribution in [1.82, 2.24) is 19.6 Å². The van der Waals surface area contributed by atoms with Crippen molar-refractivity contribution in [3.8, 4) is 22.9 Å². The maximum Gasteiger partial charge on any atom is 0.166 e. The van der Waals surface area contributed by atoms with Crippen molar-refractivity contribution in [3.05, 3.63) is 34.2 Å². The third-order valence-electron chi connectivity index (χ3n) is 5.17. The molecule has 0 saturated carbocycles. The number of methoxy groups -OCH3 is 3. The second-order valence-corrected chi connectivity index (χ2v) is 7.58. The molecule has 2 heterocycles. The molecule has 0 bridgehead atoms. The molecule has 0 radical (unpaired) electrons. The van der Waals surface area contributed by atoms with Gasteiger partial charge in [0, 0.05) is 30.2 Å². The number of halogens is 1. The van der Waals surface area contributed by atoms with E-state index in [-0.39, 0.29) is 5.92 Å². The van der Waals surface area contributed by atoms with Crippen molar-refractivity contribution in [3.63, 3.8) is 0 Å². The Labute approximate surface area is 182 Å². The average Bonchev–Trinajstić information content (AvgIpc) is 3.11. The Morgan fingerprint density at radius 3 is 2.37 bits per heavy atom. The minimum atomic E-state index is 0.218. The van der Waals surface area contributed by atoms with Crippen LogP contribution in [0.1, 0.15) is 49.7 Å². The van der Waals surface area contributed by atoms with Gasteiger partial charge < -0.3 is 14.2 Å². The van der Waals surface area contributed by atoms with E-state index in [1.807, 2.05) is 13.0 Å². The monoisotopic (exact) mass is 432 g/mol. The lowest BCUT2D eigenvalue weighted by molar-refractivity contribution is 0.175. The number of hydrogen-bond acceptors (Lipinski definition) is 6. The number of hydrogen-bond donors (Lipinski definition) is 0. The number of benzene rings is 1. The summed E-state index contributed by atoms with van der Waals surface area (Å²) in [6.45, 7) is 6.78. The molecule has 0 fully saturated rings. The van der Waals surface area contributed by atoms with Gasteiger partial charge in [0.25, 0.3) is 0 Å². The van der Waals surface area contributed by atoms with E-state index in [1.54, 1.807) is 31.9 Å². The second-order valence-electron chi connectivity index (χ2n) is 7.17. The summed E-state index contributed by atoms with van der Waals surface area (Å²) in [5.41, 5.74) is 3.64. The predicted octanol–water partition coefficient (Wildman–Crippen LogP) is 4.86. The molecule has 30 heavy (non-hydrogen) atoms. The van der Waals surface area contributed by atoms with Gasteiger partial charge in [-0.1, -0.05) is 31.9 Å². The van der Waals surface area contributed by atoms with Crippen LogP contribution in [0, 0.1) is 6.92 Å². The summed E-state index contributed by atoms with van der Waals surface area (Å²) in [5.74, 6) is 2.63. The van der Waals surface area contributed by atoms with Crippen LogP contribution in [0.25, 0.3) is 17.0 Å². The van der Waals surface area contributed by atoms with Crippen molar-refractivity contribution in [2.45, 2.75) is 46.0 Å². The first-order valence-electron chi connectivity index (χ1n) is 10.2. The molecule has 3 aromatic rings. The average molecular weight is 433 g/mol. The fraction of sp³-hybridized carbons (Fsp3) is 0.500. The summed E-state index contributed by atoms with van der Waals surface area (Å²) in [6.07, 6.45) is 2.84. The summed E-state index contributed by atoms with van der Waals surface area (Å²) < 4.78 is 18.2. The number of aryl methyl sites for hydroxylation is 2. The molecule has 0 N–H and O–H groups in total. The summed E-state index contributed by atoms with van der Waals surface area (Å²) in [4.78, 5) is 9.44. The van der Waals surface area contributed by atoms with Gasteiger partial charge >= 0.3 is 0 Å². The minimum absolute atomic E-state index is 0.218. The molecule has 3 rings (SSSR count). The molecular weight excluding hydrogens is 404 g/mol. The molecule has 7 nitrogen and oxygen atoms in total. The van der Waals surface area contributed by atoms with Crippen LogP contribution in [0.2, 0.25) is 5.02 Å². The fourth-order valence-corrected chi connectivity index (χ4v) is 4.08. The zero-order valence-corrected chi connectivity index (χ0v) is 19.2. The topological polar surface area (TPSA) is 70.8 Å². The van der Waals surface area contributed by atoms with Gasteiger partial charge in [-0.05, 0) is 25.8 Å². The first kappa shape index (κ1) is 22.3. The van der Waals surface area contributed by atoms with Gasteiger partial charge in [0.1, 0.15) is 5.82 Å². The Kier molecular flexibility index (Phi) is 7.15. The molecule has 1 atom stereocenters. The van der Waals surface area contributed by atoms with E-state index < -0.39 is 0 Å². The van der Waals surface area contributed by atoms with Gasteiger partial charge in [-0.3, -0.25) is 0 Å². The van der Waals surface area contributed by atoms with Crippen molar-refractivity contribution in [2.24, 2.45) is 0 Å². The molecular formula is C22H29ClN4O3. The van der Waals surface area contributed by atoms with E-state index in [0.717, 1.165) is 36.2 Å². The second kappa shape index (κ2) is 9.62. The Balaban J connectivity index is 2.31. The maximum atomic E-state index is 6.61. The molecule has 0 saturated heterocycles. The molecule has 2 aromatic heterocycles. The van der Waals surface area contributed by atoms with Crippen molar-refractivity contribution in [2.75, 3.05) is 27.9 Å². The lowest BCUT2D eigenvalue weighted by Gasteiger charge is -2.16. The third-order valence-corrected chi connectivity index (χ3v) is 5.48. The number of fused-ring (bicyclic) bond motifs is 1. The zero-order valence-electron chi connectivity index (χ0n) is 18.5. The van der Waals surface area contributed by atoms with Gasteiger partial charge in [-0.15, -0.1) is 0 Å². The Hall–Kier alpha value is -2.38. The molecule has 0 aliphatic rings. The van der Waals surface area contributed by atoms with Gasteiger partial charge in [0.05, 0.1) is 31.5 Å². The predicted molar refractivity (Wildman–Crippen MR) is 118 cm³/mol. The van der Waals surface area contributed by atoms with Crippen molar-refractivity contribution < 1.29 is 14.2 Å². The van der Waals surface area contributed by atoms with Crippen LogP contribution in [-0.2, 0) is 11.2 Å². The van der Waals surface area contributed by atoms with Crippen LogP contribution in [-0.4, -0.2) is 47.5 Å². The van der Waals surface area contributed by atoms with Crippen LogP contribution in [0.4, 0.5) is 0 Å². The fourth-order valence-electron chi connectivity index (χ4n) is 3.84. The van der Waals surface area contributed by atoms with Crippen LogP contribution in [0.5, 0.6) is 11.5 Å². The maximum absolute atomic E-state index is 6.61. The van der Waals surface area contributed by atoms with E-state index in [4.69, 9.17) is 35.9 Å². The van der Waals surface area contributed by atoms with Crippen LogP contribution in [0.3, 0.4) is 0 Å². The normalized spacial score (nSPS) is 12.4. The van der Waals surface area contributed by atoms with Crippen LogP contribution in [0.15, 0.2) is 12.1 Å². The Bertz CT molecular complexity index is 1030. The van der Waals surface area contributed by atoms with E-state index in [9.17, 15) is 0 Å². The Morgan fingerprint density at radius 2 is 1.77 bits per heavy atom. The molecule has 0 aliphatic heterocycles. The number of rotatable bonds is 9. The number of ether oxygens (including phenoxy) is 3. The quantitative estimate of drug-likeness (QED) is 0.480. The first-order chi connectivity index (χ1) is 14.5. The highest BCUT2D eigenvalue weighted by Crippen LogP contribution is 2.38. The molecule has 0 amide bonds. The van der Waals surface area contributed by atoms with Crippen molar-refractivity contribution >= 4 is 17.2 Å². The zero-order chi connectivity index (χ0) is 21.8. The molecule has 0 spiro atoms. The van der Waals surface area contributed by atoms with Crippen LogP contribution < -0.4 is 9.47 Å².